The molecule has 2 aromatic carbocycles. The van der Waals surface area contributed by atoms with Crippen LogP contribution in [0.5, 0.6) is 5.75 Å². The Balaban J connectivity index is 1.27. The summed E-state index contributed by atoms with van der Waals surface area (Å²) in [6.07, 6.45) is -0.293. The normalized spacial score (nSPS) is 14.8. The summed E-state index contributed by atoms with van der Waals surface area (Å²) in [4.78, 5) is 32.1. The van der Waals surface area contributed by atoms with Crippen LogP contribution < -0.4 is 10.1 Å². The van der Waals surface area contributed by atoms with E-state index in [1.54, 1.807) is 19.3 Å². The fourth-order valence-electron chi connectivity index (χ4n) is 3.66. The quantitative estimate of drug-likeness (QED) is 0.235. The van der Waals surface area contributed by atoms with Gasteiger partial charge in [0.25, 0.3) is 5.91 Å². The average molecular weight is 578 g/mol. The SMILES string of the molecule is COc1cccc(C=C2SC(=S)N(CCCC(=O)Nc3ncc(Cc4cccc(C(F)(F)F)c4)s3)C2=O)c1. The summed E-state index contributed by atoms with van der Waals surface area (Å²) in [5.74, 6) is 0.202. The number of hydrogen-bond acceptors (Lipinski definition) is 7. The van der Waals surface area contributed by atoms with Crippen molar-refractivity contribution in [1.29, 1.82) is 0 Å². The Kier molecular flexibility index (Phi) is 8.85. The molecule has 3 aromatic rings. The molecule has 1 N–H and O–H groups in total. The van der Waals surface area contributed by atoms with Crippen LogP contribution in [0.3, 0.4) is 0 Å². The van der Waals surface area contributed by atoms with Crippen LogP contribution in [0.15, 0.2) is 59.6 Å². The van der Waals surface area contributed by atoms with Crippen molar-refractivity contribution in [3.63, 3.8) is 0 Å². The van der Waals surface area contributed by atoms with E-state index < -0.39 is 11.7 Å². The first-order valence-electron chi connectivity index (χ1n) is 11.4. The highest BCUT2D eigenvalue weighted by atomic mass is 32.2. The number of ether oxygens (including phenoxy) is 1. The standard InChI is InChI=1S/C26H22F3N3O3S3/c1-35-19-8-3-6-17(12-19)14-21-23(34)32(25(36)38-21)10-4-9-22(33)31-24-30-15-20(37-24)13-16-5-2-7-18(11-16)26(27,28)29/h2-3,5-8,11-12,14-15H,4,9-10,13H2,1H3,(H,30,31,33). The molecule has 1 fully saturated rings. The van der Waals surface area contributed by atoms with Gasteiger partial charge in [0.1, 0.15) is 10.1 Å². The number of methoxy groups -OCH3 is 1. The number of benzene rings is 2. The minimum Gasteiger partial charge on any atom is -0.497 e. The molecule has 4 rings (SSSR count). The average Bonchev–Trinajstić information content (AvgIpc) is 3.42. The molecule has 38 heavy (non-hydrogen) atoms. The van der Waals surface area contributed by atoms with E-state index >= 15 is 0 Å². The Morgan fingerprint density at radius 1 is 1.21 bits per heavy atom. The summed E-state index contributed by atoms with van der Waals surface area (Å²) in [5.41, 5.74) is 0.621. The molecular weight excluding hydrogens is 555 g/mol. The summed E-state index contributed by atoms with van der Waals surface area (Å²) < 4.78 is 44.5. The van der Waals surface area contributed by atoms with Gasteiger partial charge in [-0.2, -0.15) is 13.2 Å². The lowest BCUT2D eigenvalue weighted by molar-refractivity contribution is -0.137. The monoisotopic (exact) mass is 577 g/mol. The maximum atomic E-state index is 12.9. The molecule has 1 aromatic heterocycles. The second kappa shape index (κ2) is 12.1. The number of halogens is 3. The number of nitrogens with one attached hydrogen (secondary N) is 1. The molecule has 0 radical (unpaired) electrons. The van der Waals surface area contributed by atoms with Gasteiger partial charge in [0.2, 0.25) is 5.91 Å². The fourth-order valence-corrected chi connectivity index (χ4v) is 5.83. The van der Waals surface area contributed by atoms with E-state index in [0.29, 0.717) is 38.6 Å². The van der Waals surface area contributed by atoms with Gasteiger partial charge in [0.15, 0.2) is 5.13 Å². The van der Waals surface area contributed by atoms with Crippen molar-refractivity contribution in [2.45, 2.75) is 25.4 Å². The van der Waals surface area contributed by atoms with Gasteiger partial charge in [-0.15, -0.1) is 11.3 Å². The zero-order chi connectivity index (χ0) is 27.3. The van der Waals surface area contributed by atoms with Crippen LogP contribution >= 0.6 is 35.3 Å². The van der Waals surface area contributed by atoms with Crippen LogP contribution in [-0.4, -0.2) is 39.7 Å². The Morgan fingerprint density at radius 2 is 2.00 bits per heavy atom. The minimum atomic E-state index is -4.40. The highest BCUT2D eigenvalue weighted by Gasteiger charge is 2.32. The topological polar surface area (TPSA) is 71.5 Å². The number of rotatable bonds is 9. The van der Waals surface area contributed by atoms with E-state index in [9.17, 15) is 22.8 Å². The third kappa shape index (κ3) is 7.21. The van der Waals surface area contributed by atoms with E-state index in [4.69, 9.17) is 17.0 Å². The van der Waals surface area contributed by atoms with Gasteiger partial charge in [-0.3, -0.25) is 14.5 Å². The first kappa shape index (κ1) is 27.8. The van der Waals surface area contributed by atoms with Gasteiger partial charge in [-0.25, -0.2) is 4.98 Å². The molecule has 0 spiro atoms. The maximum Gasteiger partial charge on any atom is 0.416 e. The zero-order valence-electron chi connectivity index (χ0n) is 20.1. The first-order chi connectivity index (χ1) is 18.1. The van der Waals surface area contributed by atoms with E-state index in [1.807, 2.05) is 24.3 Å². The van der Waals surface area contributed by atoms with Crippen molar-refractivity contribution < 1.29 is 27.5 Å². The lowest BCUT2D eigenvalue weighted by atomic mass is 10.1. The number of nitrogens with zero attached hydrogens (tertiary/aromatic N) is 2. The number of thiocarbonyl (C=S) groups is 1. The molecule has 6 nitrogen and oxygen atoms in total. The number of aromatic nitrogens is 1. The molecule has 0 bridgehead atoms. The molecule has 1 aliphatic rings. The number of carbonyl (C=O) groups excluding carboxylic acids is 2. The van der Waals surface area contributed by atoms with E-state index in [0.717, 1.165) is 22.6 Å². The van der Waals surface area contributed by atoms with Crippen LogP contribution in [0, 0.1) is 0 Å². The van der Waals surface area contributed by atoms with Crippen LogP contribution in [-0.2, 0) is 22.2 Å². The molecule has 198 valence electrons. The van der Waals surface area contributed by atoms with Crippen molar-refractivity contribution in [3.8, 4) is 5.75 Å². The van der Waals surface area contributed by atoms with E-state index in [-0.39, 0.29) is 24.7 Å². The van der Waals surface area contributed by atoms with Gasteiger partial charge in [-0.1, -0.05) is 54.3 Å². The number of anilines is 1. The lowest BCUT2D eigenvalue weighted by Gasteiger charge is -2.13. The van der Waals surface area contributed by atoms with Gasteiger partial charge >= 0.3 is 6.18 Å². The number of alkyl halides is 3. The van der Waals surface area contributed by atoms with Crippen molar-refractivity contribution in [1.82, 2.24) is 9.88 Å². The van der Waals surface area contributed by atoms with Crippen molar-refractivity contribution in [2.75, 3.05) is 19.0 Å². The second-order valence-corrected chi connectivity index (χ2v) is 11.1. The maximum absolute atomic E-state index is 12.9. The minimum absolute atomic E-state index is 0.147. The molecule has 12 heteroatoms. The van der Waals surface area contributed by atoms with E-state index in [1.165, 1.54) is 40.3 Å². The Hall–Kier alpha value is -3.22. The van der Waals surface area contributed by atoms with Crippen LogP contribution in [0.4, 0.5) is 18.3 Å². The second-order valence-electron chi connectivity index (χ2n) is 8.27. The van der Waals surface area contributed by atoms with Crippen molar-refractivity contribution in [2.24, 2.45) is 0 Å². The molecular formula is C26H22F3N3O3S3. The fraction of sp³-hybridized carbons (Fsp3) is 0.231. The first-order valence-corrected chi connectivity index (χ1v) is 13.5. The summed E-state index contributed by atoms with van der Waals surface area (Å²) in [5, 5.41) is 3.07. The predicted octanol–water partition coefficient (Wildman–Crippen LogP) is 6.38. The third-order valence-corrected chi connectivity index (χ3v) is 7.77. The number of hydrogen-bond donors (Lipinski definition) is 1. The highest BCUT2D eigenvalue weighted by Crippen LogP contribution is 2.33. The van der Waals surface area contributed by atoms with Crippen molar-refractivity contribution in [3.05, 3.63) is 81.2 Å². The van der Waals surface area contributed by atoms with Gasteiger partial charge in [0.05, 0.1) is 17.6 Å². The highest BCUT2D eigenvalue weighted by molar-refractivity contribution is 8.26. The summed E-state index contributed by atoms with van der Waals surface area (Å²) in [7, 11) is 1.57. The molecule has 0 aliphatic carbocycles. The number of thioether (sulfide) groups is 1. The zero-order valence-corrected chi connectivity index (χ0v) is 22.5. The van der Waals surface area contributed by atoms with Gasteiger partial charge in [-0.05, 0) is 41.8 Å². The summed E-state index contributed by atoms with van der Waals surface area (Å²) in [6.45, 7) is 0.298. The molecule has 0 atom stereocenters. The predicted molar refractivity (Wildman–Crippen MR) is 147 cm³/mol. The Bertz CT molecular complexity index is 1390. The Morgan fingerprint density at radius 3 is 2.76 bits per heavy atom. The molecule has 2 heterocycles. The van der Waals surface area contributed by atoms with Gasteiger partial charge < -0.3 is 10.1 Å². The van der Waals surface area contributed by atoms with Gasteiger partial charge in [0, 0.05) is 30.5 Å². The largest absolute Gasteiger partial charge is 0.497 e. The summed E-state index contributed by atoms with van der Waals surface area (Å²) in [6, 6.07) is 12.5. The number of thiazole rings is 1. The van der Waals surface area contributed by atoms with Crippen molar-refractivity contribution >= 4 is 62.7 Å². The Labute approximate surface area is 230 Å². The van der Waals surface area contributed by atoms with Crippen LogP contribution in [0.1, 0.15) is 34.4 Å². The van der Waals surface area contributed by atoms with E-state index in [2.05, 4.69) is 10.3 Å². The molecule has 0 unspecified atom stereocenters. The summed E-state index contributed by atoms with van der Waals surface area (Å²) >= 11 is 7.78. The van der Waals surface area contributed by atoms with Crippen LogP contribution in [0.2, 0.25) is 0 Å². The number of amides is 2. The molecule has 1 aliphatic heterocycles. The molecule has 1 saturated heterocycles. The third-order valence-electron chi connectivity index (χ3n) is 5.48. The molecule has 2 amide bonds. The smallest absolute Gasteiger partial charge is 0.416 e. The van der Waals surface area contributed by atoms with Crippen LogP contribution in [0.25, 0.3) is 6.08 Å². The number of carbonyl (C=O) groups is 2. The molecule has 0 saturated carbocycles. The lowest BCUT2D eigenvalue weighted by Crippen LogP contribution is -2.29.